The quantitative estimate of drug-likeness (QED) is 0.177. The zero-order chi connectivity index (χ0) is 28.5. The summed E-state index contributed by atoms with van der Waals surface area (Å²) >= 11 is 6.84. The molecule has 39 heavy (non-hydrogen) atoms. The van der Waals surface area contributed by atoms with Crippen molar-refractivity contribution < 1.29 is 15.0 Å². The van der Waals surface area contributed by atoms with Crippen LogP contribution in [0.25, 0.3) is 0 Å². The van der Waals surface area contributed by atoms with E-state index >= 15 is 0 Å². The first-order chi connectivity index (χ1) is 18.9. The number of carbonyl (C=O) groups is 1. The highest BCUT2D eigenvalue weighted by Gasteiger charge is 2.10. The molecule has 0 unspecified atom stereocenters. The summed E-state index contributed by atoms with van der Waals surface area (Å²) in [6, 6.07) is 35.9. The second kappa shape index (κ2) is 18.6. The number of nitrogens with one attached hydrogen (secondary N) is 1. The third kappa shape index (κ3) is 12.8. The molecule has 4 aromatic carbocycles. The van der Waals surface area contributed by atoms with E-state index in [2.05, 4.69) is 66.3 Å². The summed E-state index contributed by atoms with van der Waals surface area (Å²) in [4.78, 5) is 10.1. The van der Waals surface area contributed by atoms with Crippen molar-refractivity contribution in [2.24, 2.45) is 0 Å². The Balaban J connectivity index is 0.000000258. The van der Waals surface area contributed by atoms with E-state index < -0.39 is 12.2 Å². The SMILES string of the molecule is C=O.CN(Cc1ccc(Br)cc1)C[C@@H](O)c1ccccc1.O[C@H](CNCc1ccc(Br)cc1)c1ccccc1. The van der Waals surface area contributed by atoms with Crippen LogP contribution in [0.4, 0.5) is 0 Å². The van der Waals surface area contributed by atoms with Crippen molar-refractivity contribution in [2.75, 3.05) is 20.1 Å². The third-order valence-corrected chi connectivity index (χ3v) is 6.86. The second-order valence-corrected chi connectivity index (χ2v) is 10.8. The number of carbonyl (C=O) groups excluding carboxylic acids is 1. The zero-order valence-electron chi connectivity index (χ0n) is 22.1. The average Bonchev–Trinajstić information content (AvgIpc) is 2.97. The van der Waals surface area contributed by atoms with Gasteiger partial charge in [0.25, 0.3) is 0 Å². The Kier molecular flexibility index (Phi) is 15.5. The van der Waals surface area contributed by atoms with Crippen LogP contribution in [-0.2, 0) is 17.9 Å². The number of nitrogens with zero attached hydrogens (tertiary/aromatic N) is 1. The molecule has 0 saturated carbocycles. The fourth-order valence-electron chi connectivity index (χ4n) is 3.79. The number of benzene rings is 4. The van der Waals surface area contributed by atoms with Gasteiger partial charge in [0.1, 0.15) is 6.79 Å². The molecule has 4 rings (SSSR count). The van der Waals surface area contributed by atoms with Gasteiger partial charge in [0.2, 0.25) is 0 Å². The molecule has 0 bridgehead atoms. The minimum absolute atomic E-state index is 0.443. The summed E-state index contributed by atoms with van der Waals surface area (Å²) in [7, 11) is 2.02. The predicted octanol–water partition coefficient (Wildman–Crippen LogP) is 6.70. The molecule has 0 heterocycles. The number of aliphatic hydroxyl groups is 2. The van der Waals surface area contributed by atoms with Crippen molar-refractivity contribution in [1.82, 2.24) is 10.2 Å². The summed E-state index contributed by atoms with van der Waals surface area (Å²) < 4.78 is 2.17. The maximum absolute atomic E-state index is 10.2. The van der Waals surface area contributed by atoms with Crippen LogP contribution in [0, 0.1) is 0 Å². The van der Waals surface area contributed by atoms with Crippen LogP contribution in [0.3, 0.4) is 0 Å². The molecule has 0 aromatic heterocycles. The predicted molar refractivity (Wildman–Crippen MR) is 166 cm³/mol. The molecule has 0 amide bonds. The molecule has 7 heteroatoms. The summed E-state index contributed by atoms with van der Waals surface area (Å²) in [6.07, 6.45) is -0.900. The van der Waals surface area contributed by atoms with E-state index in [1.54, 1.807) is 0 Å². The Morgan fingerprint density at radius 1 is 0.692 bits per heavy atom. The standard InChI is InChI=1S/C16H18BrNO.C15H16BrNO.CH2O/c1-18(11-13-7-9-15(17)10-8-13)12-16(19)14-5-3-2-4-6-14;16-14-8-6-12(7-9-14)10-17-11-15(18)13-4-2-1-3-5-13;1-2/h2-10,16,19H,11-12H2,1H3;1-9,15,17-18H,10-11H2;1H2/t16-;15-;/m11./s1. The Hall–Kier alpha value is -2.65. The van der Waals surface area contributed by atoms with Crippen molar-refractivity contribution in [2.45, 2.75) is 25.3 Å². The molecule has 0 aliphatic carbocycles. The van der Waals surface area contributed by atoms with E-state index in [1.165, 1.54) is 11.1 Å². The highest BCUT2D eigenvalue weighted by atomic mass is 79.9. The van der Waals surface area contributed by atoms with Gasteiger partial charge >= 0.3 is 0 Å². The van der Waals surface area contributed by atoms with Crippen LogP contribution in [-0.4, -0.2) is 42.0 Å². The van der Waals surface area contributed by atoms with Crippen molar-refractivity contribution >= 4 is 38.6 Å². The normalized spacial score (nSPS) is 11.9. The van der Waals surface area contributed by atoms with Gasteiger partial charge in [0.05, 0.1) is 12.2 Å². The summed E-state index contributed by atoms with van der Waals surface area (Å²) in [5, 5.41) is 23.4. The molecule has 0 aliphatic rings. The number of likely N-dealkylation sites (N-methyl/N-ethyl adjacent to an activating group) is 1. The topological polar surface area (TPSA) is 72.8 Å². The fraction of sp³-hybridized carbons (Fsp3) is 0.219. The number of aliphatic hydroxyl groups excluding tert-OH is 2. The van der Waals surface area contributed by atoms with Gasteiger partial charge in [-0.15, -0.1) is 0 Å². The van der Waals surface area contributed by atoms with Crippen LogP contribution in [0.2, 0.25) is 0 Å². The molecule has 5 nitrogen and oxygen atoms in total. The summed E-state index contributed by atoms with van der Waals surface area (Å²) in [5.41, 5.74) is 4.36. The maximum atomic E-state index is 10.2. The molecule has 0 radical (unpaired) electrons. The number of hydrogen-bond donors (Lipinski definition) is 3. The van der Waals surface area contributed by atoms with E-state index in [-0.39, 0.29) is 0 Å². The van der Waals surface area contributed by atoms with E-state index in [0.29, 0.717) is 13.1 Å². The second-order valence-electron chi connectivity index (χ2n) is 8.93. The molecule has 4 aromatic rings. The zero-order valence-corrected chi connectivity index (χ0v) is 25.3. The van der Waals surface area contributed by atoms with Gasteiger partial charge in [-0.3, -0.25) is 4.90 Å². The minimum atomic E-state index is -0.457. The first kappa shape index (κ1) is 32.6. The lowest BCUT2D eigenvalue weighted by molar-refractivity contribution is -0.0980. The van der Waals surface area contributed by atoms with Crippen molar-refractivity contribution in [3.8, 4) is 0 Å². The first-order valence-electron chi connectivity index (χ1n) is 12.5. The number of rotatable bonds is 10. The highest BCUT2D eigenvalue weighted by molar-refractivity contribution is 9.10. The molecule has 0 aliphatic heterocycles. The Morgan fingerprint density at radius 2 is 1.13 bits per heavy atom. The van der Waals surface area contributed by atoms with Crippen LogP contribution in [0.15, 0.2) is 118 Å². The van der Waals surface area contributed by atoms with Gasteiger partial charge in [-0.2, -0.15) is 0 Å². The summed E-state index contributed by atoms with van der Waals surface area (Å²) in [5.74, 6) is 0. The van der Waals surface area contributed by atoms with Crippen LogP contribution in [0.5, 0.6) is 0 Å². The van der Waals surface area contributed by atoms with Crippen LogP contribution in [0.1, 0.15) is 34.5 Å². The van der Waals surface area contributed by atoms with Crippen molar-refractivity contribution in [3.05, 3.63) is 140 Å². The van der Waals surface area contributed by atoms with Gasteiger partial charge < -0.3 is 20.3 Å². The molecular formula is C32H36Br2N2O3. The fourth-order valence-corrected chi connectivity index (χ4v) is 4.32. The van der Waals surface area contributed by atoms with Gasteiger partial charge in [0, 0.05) is 35.1 Å². The molecule has 206 valence electrons. The van der Waals surface area contributed by atoms with Gasteiger partial charge in [-0.05, 0) is 53.6 Å². The lowest BCUT2D eigenvalue weighted by Gasteiger charge is -2.21. The van der Waals surface area contributed by atoms with Crippen molar-refractivity contribution in [3.63, 3.8) is 0 Å². The minimum Gasteiger partial charge on any atom is -0.387 e. The van der Waals surface area contributed by atoms with E-state index in [1.807, 2.05) is 98.8 Å². The molecule has 3 N–H and O–H groups in total. The van der Waals surface area contributed by atoms with E-state index in [0.717, 1.165) is 33.2 Å². The Morgan fingerprint density at radius 3 is 1.62 bits per heavy atom. The van der Waals surface area contributed by atoms with E-state index in [4.69, 9.17) is 4.79 Å². The molecule has 0 spiro atoms. The third-order valence-electron chi connectivity index (χ3n) is 5.80. The Bertz CT molecular complexity index is 1180. The largest absolute Gasteiger partial charge is 0.387 e. The van der Waals surface area contributed by atoms with Gasteiger partial charge in [-0.25, -0.2) is 0 Å². The van der Waals surface area contributed by atoms with Crippen LogP contribution < -0.4 is 5.32 Å². The van der Waals surface area contributed by atoms with Crippen LogP contribution >= 0.6 is 31.9 Å². The van der Waals surface area contributed by atoms with Gasteiger partial charge in [-0.1, -0.05) is 117 Å². The number of hydrogen-bond acceptors (Lipinski definition) is 5. The first-order valence-corrected chi connectivity index (χ1v) is 14.1. The van der Waals surface area contributed by atoms with Crippen molar-refractivity contribution in [1.29, 1.82) is 0 Å². The molecule has 0 fully saturated rings. The number of halogens is 2. The van der Waals surface area contributed by atoms with E-state index in [9.17, 15) is 10.2 Å². The molecule has 0 saturated heterocycles. The highest BCUT2D eigenvalue weighted by Crippen LogP contribution is 2.16. The molecule has 2 atom stereocenters. The lowest BCUT2D eigenvalue weighted by Crippen LogP contribution is -2.24. The van der Waals surface area contributed by atoms with Gasteiger partial charge in [0.15, 0.2) is 0 Å². The monoisotopic (exact) mass is 654 g/mol. The lowest BCUT2D eigenvalue weighted by atomic mass is 10.1. The Labute approximate surface area is 248 Å². The maximum Gasteiger partial charge on any atom is 0.106 e. The molecular weight excluding hydrogens is 620 g/mol. The average molecular weight is 656 g/mol. The summed E-state index contributed by atoms with van der Waals surface area (Å²) in [6.45, 7) is 4.77. The smallest absolute Gasteiger partial charge is 0.106 e.